The number of unbranched alkanes of at least 4 members (excludes halogenated alkanes) is 3. The highest BCUT2D eigenvalue weighted by Gasteiger charge is 2.34. The van der Waals surface area contributed by atoms with Crippen molar-refractivity contribution in [3.8, 4) is 11.8 Å². The average molecular weight is 264 g/mol. The summed E-state index contributed by atoms with van der Waals surface area (Å²) in [6.07, 6.45) is 3.72. The fourth-order valence-corrected chi connectivity index (χ4v) is 2.53. The minimum atomic E-state index is -3.71. The molecule has 0 fully saturated rings. The highest BCUT2D eigenvalue weighted by atomic mass is 31.2. The molecule has 3 nitrogen and oxygen atoms in total. The van der Waals surface area contributed by atoms with Crippen molar-refractivity contribution in [1.29, 1.82) is 0 Å². The summed E-state index contributed by atoms with van der Waals surface area (Å²) in [4.78, 5) is 0. The van der Waals surface area contributed by atoms with Crippen LogP contribution in [0, 0.1) is 11.8 Å². The Morgan fingerprint density at radius 2 is 1.76 bits per heavy atom. The van der Waals surface area contributed by atoms with Crippen LogP contribution in [-0.4, -0.2) is 19.1 Å². The van der Waals surface area contributed by atoms with Gasteiger partial charge in [-0.3, -0.25) is 4.57 Å². The van der Waals surface area contributed by atoms with Gasteiger partial charge in [-0.1, -0.05) is 31.6 Å². The van der Waals surface area contributed by atoms with Crippen LogP contribution in [0.15, 0.2) is 0 Å². The highest BCUT2D eigenvalue weighted by molar-refractivity contribution is 7.54. The molecule has 0 saturated carbocycles. The normalized spacial score (nSPS) is 12.9. The van der Waals surface area contributed by atoms with E-state index in [1.807, 2.05) is 0 Å². The lowest BCUT2D eigenvalue weighted by atomic mass is 10.2. The van der Waals surface area contributed by atoms with Crippen molar-refractivity contribution in [2.24, 2.45) is 0 Å². The van der Waals surface area contributed by atoms with Crippen molar-refractivity contribution in [3.05, 3.63) is 0 Å². The van der Waals surface area contributed by atoms with Crippen LogP contribution in [0.25, 0.3) is 0 Å². The van der Waals surface area contributed by atoms with Gasteiger partial charge in [0.25, 0.3) is 5.91 Å². The third-order valence-electron chi connectivity index (χ3n) is 2.02. The molecule has 0 aromatic carbocycles. The van der Waals surface area contributed by atoms with Gasteiger partial charge < -0.3 is 9.05 Å². The van der Waals surface area contributed by atoms with Crippen LogP contribution in [0.5, 0.6) is 0 Å². The first-order valence-electron chi connectivity index (χ1n) is 6.12. The summed E-state index contributed by atoms with van der Waals surface area (Å²) in [5, 5.41) is 0. The Hall–Kier alpha value is -0.360. The van der Waals surface area contributed by atoms with E-state index in [4.69, 9.17) is 9.05 Å². The van der Waals surface area contributed by atoms with Gasteiger partial charge in [0.1, 0.15) is 0 Å². The summed E-state index contributed by atoms with van der Waals surface area (Å²) in [6.45, 7) is 5.67. The predicted molar refractivity (Wildman–Crippen MR) is 67.7 cm³/mol. The van der Waals surface area contributed by atoms with Crippen LogP contribution in [0.4, 0.5) is 4.39 Å². The lowest BCUT2D eigenvalue weighted by Crippen LogP contribution is -2.06. The highest BCUT2D eigenvalue weighted by Crippen LogP contribution is 2.53. The molecule has 0 aliphatic carbocycles. The minimum Gasteiger partial charge on any atom is -0.306 e. The second kappa shape index (κ2) is 9.65. The van der Waals surface area contributed by atoms with Gasteiger partial charge in [-0.25, -0.2) is 4.39 Å². The molecular weight excluding hydrogens is 242 g/mol. The largest absolute Gasteiger partial charge is 0.376 e. The van der Waals surface area contributed by atoms with E-state index in [1.165, 1.54) is 0 Å². The Morgan fingerprint density at radius 1 is 1.18 bits per heavy atom. The van der Waals surface area contributed by atoms with Gasteiger partial charge in [0.2, 0.25) is 0 Å². The third-order valence-corrected chi connectivity index (χ3v) is 3.94. The van der Waals surface area contributed by atoms with Gasteiger partial charge in [-0.15, -0.1) is 0 Å². The van der Waals surface area contributed by atoms with E-state index in [0.29, 0.717) is 6.42 Å². The van der Waals surface area contributed by atoms with Gasteiger partial charge in [-0.2, -0.15) is 0 Å². The van der Waals surface area contributed by atoms with E-state index in [2.05, 4.69) is 18.8 Å². The zero-order valence-electron chi connectivity index (χ0n) is 10.9. The minimum absolute atomic E-state index is 0.148. The van der Waals surface area contributed by atoms with E-state index < -0.39 is 13.5 Å². The van der Waals surface area contributed by atoms with E-state index in [9.17, 15) is 8.96 Å². The van der Waals surface area contributed by atoms with Gasteiger partial charge in [0.15, 0.2) is 0 Å². The van der Waals surface area contributed by atoms with Crippen molar-refractivity contribution in [2.75, 3.05) is 13.2 Å². The number of rotatable bonds is 8. The van der Waals surface area contributed by atoms with Crippen LogP contribution in [-0.2, 0) is 13.6 Å². The molecule has 100 valence electrons. The van der Waals surface area contributed by atoms with Crippen LogP contribution < -0.4 is 0 Å². The average Bonchev–Trinajstić information content (AvgIpc) is 2.29. The SMILES string of the molecule is CCCCCC#CC(F)P(=O)(OCC)OCC. The Balaban J connectivity index is 4.31. The topological polar surface area (TPSA) is 35.5 Å². The van der Waals surface area contributed by atoms with Crippen molar-refractivity contribution in [2.45, 2.75) is 52.4 Å². The predicted octanol–water partition coefficient (Wildman–Crippen LogP) is 4.13. The first kappa shape index (κ1) is 16.6. The molecule has 0 amide bonds. The number of hydrogen-bond acceptors (Lipinski definition) is 3. The lowest BCUT2D eigenvalue weighted by Gasteiger charge is -2.16. The van der Waals surface area contributed by atoms with Crippen LogP contribution in [0.2, 0.25) is 0 Å². The third kappa shape index (κ3) is 6.83. The summed E-state index contributed by atoms with van der Waals surface area (Å²) in [7, 11) is -3.71. The molecule has 0 radical (unpaired) electrons. The molecule has 0 rings (SSSR count). The molecule has 0 aromatic rings. The molecule has 0 spiro atoms. The number of hydrogen-bond donors (Lipinski definition) is 0. The Labute approximate surface area is 104 Å². The lowest BCUT2D eigenvalue weighted by molar-refractivity contribution is 0.200. The zero-order valence-corrected chi connectivity index (χ0v) is 11.8. The Morgan fingerprint density at radius 3 is 2.24 bits per heavy atom. The molecular formula is C12H22FO3P. The zero-order chi connectivity index (χ0) is 13.1. The smallest absolute Gasteiger partial charge is 0.306 e. The molecule has 0 aliphatic heterocycles. The summed E-state index contributed by atoms with van der Waals surface area (Å²) in [5.41, 5.74) is 0. The fourth-order valence-electron chi connectivity index (χ4n) is 1.23. The number of alkyl halides is 1. The monoisotopic (exact) mass is 264 g/mol. The summed E-state index contributed by atoms with van der Waals surface area (Å²) in [5.74, 6) is 3.16. The molecule has 1 unspecified atom stereocenters. The maximum Gasteiger partial charge on any atom is 0.376 e. The molecule has 17 heavy (non-hydrogen) atoms. The van der Waals surface area contributed by atoms with Crippen LogP contribution >= 0.6 is 7.60 Å². The van der Waals surface area contributed by atoms with Gasteiger partial charge in [0.05, 0.1) is 13.2 Å². The first-order valence-corrected chi connectivity index (χ1v) is 7.73. The Bertz CT molecular complexity index is 286. The van der Waals surface area contributed by atoms with Crippen LogP contribution in [0.1, 0.15) is 46.5 Å². The molecule has 0 aliphatic rings. The standard InChI is InChI=1S/C12H22FO3P/c1-4-7-8-9-10-11-12(13)17(14,15-5-2)16-6-3/h12H,4-9H2,1-3H3. The fraction of sp³-hybridized carbons (Fsp3) is 0.833. The first-order chi connectivity index (χ1) is 8.10. The van der Waals surface area contributed by atoms with Crippen molar-refractivity contribution < 1.29 is 18.0 Å². The van der Waals surface area contributed by atoms with Gasteiger partial charge in [0, 0.05) is 6.42 Å². The van der Waals surface area contributed by atoms with Crippen molar-refractivity contribution >= 4 is 7.60 Å². The quantitative estimate of drug-likeness (QED) is 0.375. The van der Waals surface area contributed by atoms with E-state index >= 15 is 0 Å². The van der Waals surface area contributed by atoms with E-state index in [-0.39, 0.29) is 13.2 Å². The molecule has 0 N–H and O–H groups in total. The summed E-state index contributed by atoms with van der Waals surface area (Å²) >= 11 is 0. The van der Waals surface area contributed by atoms with Crippen LogP contribution in [0.3, 0.4) is 0 Å². The molecule has 0 heterocycles. The molecule has 0 aromatic heterocycles. The Kier molecular flexibility index (Phi) is 9.44. The van der Waals surface area contributed by atoms with E-state index in [0.717, 1.165) is 19.3 Å². The van der Waals surface area contributed by atoms with Gasteiger partial charge in [-0.05, 0) is 20.3 Å². The molecule has 5 heteroatoms. The molecule has 0 bridgehead atoms. The second-order valence-electron chi connectivity index (χ2n) is 3.49. The molecule has 0 saturated heterocycles. The van der Waals surface area contributed by atoms with E-state index in [1.54, 1.807) is 13.8 Å². The maximum atomic E-state index is 13.6. The summed E-state index contributed by atoms with van der Waals surface area (Å²) in [6, 6.07) is 0. The maximum absolute atomic E-state index is 13.6. The van der Waals surface area contributed by atoms with Crippen molar-refractivity contribution in [1.82, 2.24) is 0 Å². The van der Waals surface area contributed by atoms with Crippen molar-refractivity contribution in [3.63, 3.8) is 0 Å². The molecule has 1 atom stereocenters. The summed E-state index contributed by atoms with van der Waals surface area (Å²) < 4.78 is 35.3. The number of halogens is 1. The second-order valence-corrected chi connectivity index (χ2v) is 5.54. The van der Waals surface area contributed by atoms with Gasteiger partial charge >= 0.3 is 7.60 Å².